The molecule has 55 heavy (non-hydrogen) atoms. The molecule has 0 aliphatic carbocycles. The zero-order valence-electron chi connectivity index (χ0n) is 35.7. The molecule has 0 radical (unpaired) electrons. The predicted molar refractivity (Wildman–Crippen MR) is 233 cm³/mol. The molecule has 0 saturated heterocycles. The van der Waals surface area contributed by atoms with Crippen LogP contribution < -0.4 is 0 Å². The molecule has 0 spiro atoms. The van der Waals surface area contributed by atoms with Crippen molar-refractivity contribution in [1.82, 2.24) is 0 Å². The first-order valence-corrected chi connectivity index (χ1v) is 22.5. The van der Waals surface area contributed by atoms with Gasteiger partial charge in [0.2, 0.25) is 0 Å². The van der Waals surface area contributed by atoms with Crippen LogP contribution in [0, 0.1) is 0 Å². The number of hydrogen-bond acceptors (Lipinski definition) is 6. The van der Waals surface area contributed by atoms with Crippen molar-refractivity contribution in [2.75, 3.05) is 13.2 Å². The number of rotatable bonds is 39. The van der Waals surface area contributed by atoms with E-state index < -0.39 is 6.10 Å². The third-order valence-electron chi connectivity index (χ3n) is 9.30. The Balaban J connectivity index is 4.45. The Hall–Kier alpha value is -3.15. The van der Waals surface area contributed by atoms with Gasteiger partial charge in [0.15, 0.2) is 6.10 Å². The second-order valence-electron chi connectivity index (χ2n) is 14.6. The van der Waals surface area contributed by atoms with E-state index in [-0.39, 0.29) is 37.5 Å². The lowest BCUT2D eigenvalue weighted by atomic mass is 10.1. The minimum atomic E-state index is -0.794. The van der Waals surface area contributed by atoms with Crippen LogP contribution in [0.2, 0.25) is 0 Å². The van der Waals surface area contributed by atoms with E-state index >= 15 is 0 Å². The zero-order chi connectivity index (χ0) is 40.1. The van der Waals surface area contributed by atoms with Gasteiger partial charge in [0.25, 0.3) is 0 Å². The lowest BCUT2D eigenvalue weighted by Crippen LogP contribution is -2.30. The normalized spacial score (nSPS) is 12.7. The highest BCUT2D eigenvalue weighted by Gasteiger charge is 2.19. The average molecular weight is 767 g/mol. The molecule has 0 saturated carbocycles. The first-order chi connectivity index (χ1) is 27.0. The summed E-state index contributed by atoms with van der Waals surface area (Å²) in [5.41, 5.74) is 0. The van der Waals surface area contributed by atoms with Crippen LogP contribution in [0.15, 0.2) is 72.9 Å². The van der Waals surface area contributed by atoms with Crippen molar-refractivity contribution < 1.29 is 28.6 Å². The van der Waals surface area contributed by atoms with Crippen molar-refractivity contribution in [2.24, 2.45) is 0 Å². The molecular formula is C49H82O6. The molecule has 0 aliphatic rings. The maximum atomic E-state index is 12.7. The van der Waals surface area contributed by atoms with E-state index in [0.29, 0.717) is 19.3 Å². The smallest absolute Gasteiger partial charge is 0.306 e. The van der Waals surface area contributed by atoms with Crippen molar-refractivity contribution in [3.63, 3.8) is 0 Å². The van der Waals surface area contributed by atoms with Crippen molar-refractivity contribution in [3.8, 4) is 0 Å². The van der Waals surface area contributed by atoms with E-state index in [1.165, 1.54) is 70.6 Å². The summed E-state index contributed by atoms with van der Waals surface area (Å²) in [6.07, 6.45) is 53.1. The van der Waals surface area contributed by atoms with Gasteiger partial charge in [-0.05, 0) is 64.2 Å². The van der Waals surface area contributed by atoms with E-state index in [1.807, 2.05) is 36.5 Å². The maximum Gasteiger partial charge on any atom is 0.306 e. The molecule has 6 nitrogen and oxygen atoms in total. The van der Waals surface area contributed by atoms with E-state index in [4.69, 9.17) is 14.2 Å². The summed E-state index contributed by atoms with van der Waals surface area (Å²) >= 11 is 0. The zero-order valence-corrected chi connectivity index (χ0v) is 35.7. The number of hydrogen-bond donors (Lipinski definition) is 0. The van der Waals surface area contributed by atoms with Gasteiger partial charge < -0.3 is 14.2 Å². The van der Waals surface area contributed by atoms with Gasteiger partial charge in [-0.2, -0.15) is 0 Å². The molecule has 0 aromatic rings. The van der Waals surface area contributed by atoms with Crippen molar-refractivity contribution >= 4 is 17.9 Å². The molecule has 314 valence electrons. The van der Waals surface area contributed by atoms with Crippen molar-refractivity contribution in [3.05, 3.63) is 72.9 Å². The van der Waals surface area contributed by atoms with Crippen LogP contribution in [0.1, 0.15) is 201 Å². The van der Waals surface area contributed by atoms with Crippen LogP contribution >= 0.6 is 0 Å². The number of ether oxygens (including phenoxy) is 3. The molecule has 1 atom stereocenters. The van der Waals surface area contributed by atoms with Crippen LogP contribution in [0.5, 0.6) is 0 Å². The summed E-state index contributed by atoms with van der Waals surface area (Å²) in [5.74, 6) is -0.949. The summed E-state index contributed by atoms with van der Waals surface area (Å²) in [6.45, 7) is 6.32. The molecule has 0 rings (SSSR count). The predicted octanol–water partition coefficient (Wildman–Crippen LogP) is 14.3. The quantitative estimate of drug-likeness (QED) is 0.0204. The summed E-state index contributed by atoms with van der Waals surface area (Å²) in [7, 11) is 0. The Kier molecular flexibility index (Phi) is 41.1. The number of esters is 3. The SMILES string of the molecule is CC\C=C/C=C\C=C/C=C\CCCCCC(=O)OC(COC(=O)CCCCCCCCC/C=C\C/C=C\CC)COC(=O)CCCCCCCCCCCC. The Morgan fingerprint density at radius 3 is 1.33 bits per heavy atom. The Morgan fingerprint density at radius 1 is 0.400 bits per heavy atom. The largest absolute Gasteiger partial charge is 0.462 e. The van der Waals surface area contributed by atoms with Crippen LogP contribution in [-0.2, 0) is 28.6 Å². The Bertz CT molecular complexity index is 1070. The molecule has 6 heteroatoms. The number of carbonyl (C=O) groups excluding carboxylic acids is 3. The summed E-state index contributed by atoms with van der Waals surface area (Å²) < 4.78 is 16.7. The monoisotopic (exact) mass is 767 g/mol. The molecule has 0 heterocycles. The van der Waals surface area contributed by atoms with E-state index in [2.05, 4.69) is 57.2 Å². The maximum absolute atomic E-state index is 12.7. The van der Waals surface area contributed by atoms with Gasteiger partial charge in [-0.15, -0.1) is 0 Å². The lowest BCUT2D eigenvalue weighted by molar-refractivity contribution is -0.167. The first-order valence-electron chi connectivity index (χ1n) is 22.5. The van der Waals surface area contributed by atoms with Gasteiger partial charge in [0.1, 0.15) is 13.2 Å². The fraction of sp³-hybridized carbons (Fsp3) is 0.694. The van der Waals surface area contributed by atoms with E-state index in [1.54, 1.807) is 0 Å². The minimum absolute atomic E-state index is 0.0935. The molecular weight excluding hydrogens is 685 g/mol. The topological polar surface area (TPSA) is 78.9 Å². The highest BCUT2D eigenvalue weighted by Crippen LogP contribution is 2.14. The number of allylic oxidation sites excluding steroid dienone is 12. The standard InChI is InChI=1S/C49H82O6/c1-4-7-10-13-16-19-22-24-26-27-30-33-36-39-42-48(51)54-45-46(44-53-47(50)41-38-35-32-29-21-18-15-12-9-6-3)55-49(52)43-40-37-34-31-28-25-23-20-17-14-11-8-5-2/h7-8,10-11,14,16-17,19-20,23,25,28,46H,4-6,9,12-13,15,18,21-22,24,26-27,29-45H2,1-3H3/b10-7-,11-8-,17-14-,19-16-,23-20-,28-25-. The fourth-order valence-electron chi connectivity index (χ4n) is 5.96. The van der Waals surface area contributed by atoms with Crippen LogP contribution in [0.25, 0.3) is 0 Å². The highest BCUT2D eigenvalue weighted by molar-refractivity contribution is 5.71. The van der Waals surface area contributed by atoms with Gasteiger partial charge in [-0.3, -0.25) is 14.4 Å². The molecule has 0 N–H and O–H groups in total. The van der Waals surface area contributed by atoms with Crippen molar-refractivity contribution in [2.45, 2.75) is 207 Å². The molecule has 0 aliphatic heterocycles. The molecule has 0 aromatic heterocycles. The summed E-state index contributed by atoms with van der Waals surface area (Å²) in [5, 5.41) is 0. The fourth-order valence-corrected chi connectivity index (χ4v) is 5.96. The summed E-state index contributed by atoms with van der Waals surface area (Å²) in [4.78, 5) is 37.7. The Morgan fingerprint density at radius 2 is 0.800 bits per heavy atom. The van der Waals surface area contributed by atoms with E-state index in [9.17, 15) is 14.4 Å². The van der Waals surface area contributed by atoms with Gasteiger partial charge in [-0.25, -0.2) is 0 Å². The molecule has 0 aromatic carbocycles. The van der Waals surface area contributed by atoms with Crippen molar-refractivity contribution in [1.29, 1.82) is 0 Å². The van der Waals surface area contributed by atoms with Gasteiger partial charge in [0.05, 0.1) is 0 Å². The number of unbranched alkanes of at least 4 members (excludes halogenated alkanes) is 19. The molecule has 1 unspecified atom stereocenters. The third kappa shape index (κ3) is 41.8. The van der Waals surface area contributed by atoms with Gasteiger partial charge >= 0.3 is 17.9 Å². The molecule has 0 amide bonds. The second-order valence-corrected chi connectivity index (χ2v) is 14.6. The third-order valence-corrected chi connectivity index (χ3v) is 9.30. The van der Waals surface area contributed by atoms with Gasteiger partial charge in [0, 0.05) is 19.3 Å². The van der Waals surface area contributed by atoms with Crippen LogP contribution in [0.3, 0.4) is 0 Å². The van der Waals surface area contributed by atoms with E-state index in [0.717, 1.165) is 83.5 Å². The first kappa shape index (κ1) is 51.9. The highest BCUT2D eigenvalue weighted by atomic mass is 16.6. The molecule has 0 bridgehead atoms. The van der Waals surface area contributed by atoms with Crippen LogP contribution in [0.4, 0.5) is 0 Å². The lowest BCUT2D eigenvalue weighted by Gasteiger charge is -2.18. The second kappa shape index (κ2) is 43.6. The molecule has 0 fully saturated rings. The number of carbonyl (C=O) groups is 3. The summed E-state index contributed by atoms with van der Waals surface area (Å²) in [6, 6.07) is 0. The Labute approximate surface area is 338 Å². The average Bonchev–Trinajstić information content (AvgIpc) is 3.18. The minimum Gasteiger partial charge on any atom is -0.462 e. The van der Waals surface area contributed by atoms with Crippen LogP contribution in [-0.4, -0.2) is 37.2 Å². The van der Waals surface area contributed by atoms with Gasteiger partial charge in [-0.1, -0.05) is 190 Å².